The number of nitrogens with zero attached hydrogens (tertiary/aromatic N) is 2. The first-order chi connectivity index (χ1) is 17.0. The number of hydrogen-bond donors (Lipinski definition) is 0. The Kier molecular flexibility index (Phi) is 5.37. The third-order valence-corrected chi connectivity index (χ3v) is 7.00. The van der Waals surface area contributed by atoms with Gasteiger partial charge in [0.05, 0.1) is 21.4 Å². The Bertz CT molecular complexity index is 1420. The van der Waals surface area contributed by atoms with Crippen LogP contribution in [0, 0.1) is 5.92 Å². The molecule has 8 heteroatoms. The molecule has 0 spiro atoms. The fraction of sp³-hybridized carbons (Fsp3) is 0.111. The van der Waals surface area contributed by atoms with Crippen molar-refractivity contribution in [3.8, 4) is 11.3 Å². The first-order valence-electron chi connectivity index (χ1n) is 11.0. The summed E-state index contributed by atoms with van der Waals surface area (Å²) < 4.78 is 6.23. The first kappa shape index (κ1) is 21.9. The molecule has 3 heterocycles. The van der Waals surface area contributed by atoms with Crippen molar-refractivity contribution in [2.24, 2.45) is 5.92 Å². The lowest BCUT2D eigenvalue weighted by molar-refractivity contribution is -0.126. The molecular formula is C27H18Cl2N2O4. The van der Waals surface area contributed by atoms with Crippen LogP contribution >= 0.6 is 23.2 Å². The highest BCUT2D eigenvalue weighted by atomic mass is 35.5. The van der Waals surface area contributed by atoms with Crippen LogP contribution in [0.15, 0.2) is 95.4 Å². The minimum Gasteiger partial charge on any atom is -0.459 e. The lowest BCUT2D eigenvalue weighted by atomic mass is 9.94. The molecule has 0 radical (unpaired) electrons. The molecule has 2 aliphatic rings. The smallest absolute Gasteiger partial charge is 0.266 e. The Labute approximate surface area is 211 Å². The van der Waals surface area contributed by atoms with Gasteiger partial charge in [0.2, 0.25) is 5.91 Å². The van der Waals surface area contributed by atoms with Crippen molar-refractivity contribution in [1.29, 1.82) is 0 Å². The Balaban J connectivity index is 1.42. The predicted molar refractivity (Wildman–Crippen MR) is 133 cm³/mol. The fourth-order valence-corrected chi connectivity index (χ4v) is 4.95. The lowest BCUT2D eigenvalue weighted by Crippen LogP contribution is -2.37. The fourth-order valence-electron chi connectivity index (χ4n) is 4.65. The van der Waals surface area contributed by atoms with Gasteiger partial charge in [0.1, 0.15) is 23.5 Å². The zero-order chi connectivity index (χ0) is 24.1. The lowest BCUT2D eigenvalue weighted by Gasteiger charge is -2.27. The molecule has 35 heavy (non-hydrogen) atoms. The largest absolute Gasteiger partial charge is 0.459 e. The minimum atomic E-state index is -0.966. The van der Waals surface area contributed by atoms with Crippen LogP contribution in [-0.4, -0.2) is 17.9 Å². The van der Waals surface area contributed by atoms with E-state index in [2.05, 4.69) is 0 Å². The summed E-state index contributed by atoms with van der Waals surface area (Å²) in [5.74, 6) is -0.450. The molecule has 3 aromatic carbocycles. The summed E-state index contributed by atoms with van der Waals surface area (Å²) in [5, 5.41) is 2.46. The van der Waals surface area contributed by atoms with E-state index in [1.54, 1.807) is 53.6 Å². The van der Waals surface area contributed by atoms with Crippen LogP contribution in [0.1, 0.15) is 11.8 Å². The molecule has 2 fully saturated rings. The number of para-hydroxylation sites is 2. The predicted octanol–water partition coefficient (Wildman–Crippen LogP) is 6.30. The van der Waals surface area contributed by atoms with Crippen molar-refractivity contribution < 1.29 is 18.8 Å². The van der Waals surface area contributed by atoms with Crippen LogP contribution < -0.4 is 9.96 Å². The Hall–Kier alpha value is -3.58. The van der Waals surface area contributed by atoms with E-state index in [0.29, 0.717) is 32.9 Å². The summed E-state index contributed by atoms with van der Waals surface area (Å²) in [6.45, 7) is 0. The maximum absolute atomic E-state index is 13.6. The molecule has 0 N–H and O–H groups in total. The van der Waals surface area contributed by atoms with Crippen molar-refractivity contribution in [3.05, 3.63) is 107 Å². The Morgan fingerprint density at radius 1 is 0.714 bits per heavy atom. The number of rotatable bonds is 4. The molecule has 4 aromatic rings. The number of carbonyl (C=O) groups excluding carboxylic acids is 2. The van der Waals surface area contributed by atoms with E-state index in [0.717, 1.165) is 5.56 Å². The van der Waals surface area contributed by atoms with E-state index in [1.807, 2.05) is 42.5 Å². The highest BCUT2D eigenvalue weighted by Gasteiger charge is 2.61. The van der Waals surface area contributed by atoms with Gasteiger partial charge in [-0.25, -0.2) is 9.96 Å². The average molecular weight is 505 g/mol. The van der Waals surface area contributed by atoms with Gasteiger partial charge in [0.15, 0.2) is 6.10 Å². The molecular weight excluding hydrogens is 487 g/mol. The molecule has 6 rings (SSSR count). The average Bonchev–Trinajstić information content (AvgIpc) is 3.57. The molecule has 2 saturated heterocycles. The van der Waals surface area contributed by atoms with Gasteiger partial charge in [-0.1, -0.05) is 59.6 Å². The van der Waals surface area contributed by atoms with Crippen LogP contribution in [0.4, 0.5) is 11.4 Å². The molecule has 6 nitrogen and oxygen atoms in total. The van der Waals surface area contributed by atoms with Gasteiger partial charge in [-0.15, -0.1) is 0 Å². The number of carbonyl (C=O) groups is 2. The zero-order valence-electron chi connectivity index (χ0n) is 18.2. The summed E-state index contributed by atoms with van der Waals surface area (Å²) in [6, 6.07) is 26.4. The molecule has 3 atom stereocenters. The number of hydrogen-bond acceptors (Lipinski definition) is 5. The summed E-state index contributed by atoms with van der Waals surface area (Å²) in [5.41, 5.74) is 1.97. The highest BCUT2D eigenvalue weighted by Crippen LogP contribution is 2.48. The monoisotopic (exact) mass is 504 g/mol. The number of furan rings is 1. The number of hydroxylamine groups is 1. The Morgan fingerprint density at radius 2 is 1.40 bits per heavy atom. The molecule has 0 bridgehead atoms. The van der Waals surface area contributed by atoms with Crippen molar-refractivity contribution in [1.82, 2.24) is 0 Å². The van der Waals surface area contributed by atoms with Gasteiger partial charge in [0, 0.05) is 5.56 Å². The summed E-state index contributed by atoms with van der Waals surface area (Å²) in [6.07, 6.45) is -0.966. The van der Waals surface area contributed by atoms with Gasteiger partial charge >= 0.3 is 0 Å². The number of fused-ring (bicyclic) bond motifs is 1. The second kappa shape index (κ2) is 8.57. The van der Waals surface area contributed by atoms with Gasteiger partial charge in [-0.2, -0.15) is 0 Å². The van der Waals surface area contributed by atoms with Crippen LogP contribution in [0.5, 0.6) is 0 Å². The molecule has 2 amide bonds. The van der Waals surface area contributed by atoms with Crippen molar-refractivity contribution in [3.63, 3.8) is 0 Å². The third kappa shape index (κ3) is 3.62. The van der Waals surface area contributed by atoms with Crippen LogP contribution in [-0.2, 0) is 14.4 Å². The van der Waals surface area contributed by atoms with Crippen molar-refractivity contribution in [2.45, 2.75) is 12.1 Å². The second-order valence-corrected chi connectivity index (χ2v) is 9.15. The number of anilines is 2. The van der Waals surface area contributed by atoms with E-state index in [4.69, 9.17) is 32.5 Å². The molecule has 2 aliphatic heterocycles. The van der Waals surface area contributed by atoms with Gasteiger partial charge in [-0.3, -0.25) is 14.4 Å². The summed E-state index contributed by atoms with van der Waals surface area (Å²) in [4.78, 5) is 34.3. The van der Waals surface area contributed by atoms with Crippen molar-refractivity contribution in [2.75, 3.05) is 9.96 Å². The van der Waals surface area contributed by atoms with E-state index in [-0.39, 0.29) is 5.91 Å². The molecule has 0 unspecified atom stereocenters. The third-order valence-electron chi connectivity index (χ3n) is 6.26. The van der Waals surface area contributed by atoms with Gasteiger partial charge in [-0.05, 0) is 54.6 Å². The number of amides is 2. The SMILES string of the molecule is O=C1[C@H]2[C@H](ON(c3ccccc3)[C@@H]2c2ccc(-c3ccc(Cl)c(Cl)c3)o2)C(=O)N1c1ccccc1. The summed E-state index contributed by atoms with van der Waals surface area (Å²) >= 11 is 12.3. The minimum absolute atomic E-state index is 0.331. The standard InChI is InChI=1S/C27H18Cl2N2O4/c28-19-12-11-16(15-20(19)29)21-13-14-22(34-21)24-23-25(35-31(24)18-9-5-2-6-10-18)27(33)30(26(23)32)17-7-3-1-4-8-17/h1-15,23-25H/t23-,24-,25+/m1/s1. The highest BCUT2D eigenvalue weighted by molar-refractivity contribution is 6.42. The maximum atomic E-state index is 13.6. The van der Waals surface area contributed by atoms with Gasteiger partial charge in [0.25, 0.3) is 5.91 Å². The number of benzene rings is 3. The van der Waals surface area contributed by atoms with Crippen LogP contribution in [0.25, 0.3) is 11.3 Å². The van der Waals surface area contributed by atoms with Crippen LogP contribution in [0.2, 0.25) is 10.0 Å². The van der Waals surface area contributed by atoms with E-state index < -0.39 is 24.0 Å². The van der Waals surface area contributed by atoms with E-state index in [9.17, 15) is 9.59 Å². The van der Waals surface area contributed by atoms with Crippen LogP contribution in [0.3, 0.4) is 0 Å². The maximum Gasteiger partial charge on any atom is 0.266 e. The van der Waals surface area contributed by atoms with E-state index >= 15 is 0 Å². The van der Waals surface area contributed by atoms with Gasteiger partial charge < -0.3 is 4.42 Å². The molecule has 174 valence electrons. The normalized spacial score (nSPS) is 21.6. The topological polar surface area (TPSA) is 63.0 Å². The zero-order valence-corrected chi connectivity index (χ0v) is 19.7. The Morgan fingerprint density at radius 3 is 2.09 bits per heavy atom. The van der Waals surface area contributed by atoms with E-state index in [1.165, 1.54) is 4.90 Å². The molecule has 0 saturated carbocycles. The quantitative estimate of drug-likeness (QED) is 0.305. The number of imide groups is 1. The summed E-state index contributed by atoms with van der Waals surface area (Å²) in [7, 11) is 0. The second-order valence-electron chi connectivity index (χ2n) is 8.34. The first-order valence-corrected chi connectivity index (χ1v) is 11.8. The number of halogens is 2. The molecule has 0 aliphatic carbocycles. The van der Waals surface area contributed by atoms with Crippen molar-refractivity contribution >= 4 is 46.4 Å². The molecule has 1 aromatic heterocycles.